The molecule has 1 rings (SSSR count). The van der Waals surface area contributed by atoms with Gasteiger partial charge < -0.3 is 15.4 Å². The van der Waals surface area contributed by atoms with Crippen molar-refractivity contribution in [3.8, 4) is 5.75 Å². The first-order valence-electron chi connectivity index (χ1n) is 6.37. The fourth-order valence-corrected chi connectivity index (χ4v) is 1.60. The van der Waals surface area contributed by atoms with Gasteiger partial charge in [-0.2, -0.15) is 0 Å². The van der Waals surface area contributed by atoms with Crippen molar-refractivity contribution in [3.63, 3.8) is 0 Å². The highest BCUT2D eigenvalue weighted by Crippen LogP contribution is 2.12. The SMILES string of the molecule is CNCC(C)C(=O)NCC(C)Oc1ccc(F)cc1. The Labute approximate surface area is 113 Å². The molecule has 0 bridgehead atoms. The largest absolute Gasteiger partial charge is 0.489 e. The Morgan fingerprint density at radius 2 is 1.89 bits per heavy atom. The summed E-state index contributed by atoms with van der Waals surface area (Å²) in [5.74, 6) is 0.201. The Bertz CT molecular complexity index is 395. The van der Waals surface area contributed by atoms with E-state index in [1.807, 2.05) is 20.9 Å². The van der Waals surface area contributed by atoms with Gasteiger partial charge in [0, 0.05) is 12.5 Å². The second kappa shape index (κ2) is 7.74. The Hall–Kier alpha value is -1.62. The standard InChI is InChI=1S/C14H21FN2O2/c1-10(8-16-3)14(18)17-9-11(2)19-13-6-4-12(15)5-7-13/h4-7,10-11,16H,8-9H2,1-3H3,(H,17,18). The van der Waals surface area contributed by atoms with Gasteiger partial charge in [-0.25, -0.2) is 4.39 Å². The normalized spacial score (nSPS) is 13.7. The minimum Gasteiger partial charge on any atom is -0.489 e. The van der Waals surface area contributed by atoms with E-state index in [0.717, 1.165) is 0 Å². The molecule has 0 saturated heterocycles. The summed E-state index contributed by atoms with van der Waals surface area (Å²) in [5, 5.41) is 5.77. The highest BCUT2D eigenvalue weighted by Gasteiger charge is 2.13. The first kappa shape index (κ1) is 15.4. The van der Waals surface area contributed by atoms with Crippen LogP contribution < -0.4 is 15.4 Å². The summed E-state index contributed by atoms with van der Waals surface area (Å²) < 4.78 is 18.3. The molecule has 2 atom stereocenters. The number of carbonyl (C=O) groups is 1. The molecule has 4 nitrogen and oxygen atoms in total. The number of carbonyl (C=O) groups excluding carboxylic acids is 1. The smallest absolute Gasteiger partial charge is 0.224 e. The molecular weight excluding hydrogens is 247 g/mol. The lowest BCUT2D eigenvalue weighted by Crippen LogP contribution is -2.39. The molecule has 0 fully saturated rings. The monoisotopic (exact) mass is 268 g/mol. The van der Waals surface area contributed by atoms with E-state index in [1.54, 1.807) is 12.1 Å². The average molecular weight is 268 g/mol. The highest BCUT2D eigenvalue weighted by molar-refractivity contribution is 5.78. The third-order valence-corrected chi connectivity index (χ3v) is 2.67. The molecule has 106 valence electrons. The zero-order valence-electron chi connectivity index (χ0n) is 11.6. The van der Waals surface area contributed by atoms with E-state index in [9.17, 15) is 9.18 Å². The number of nitrogens with one attached hydrogen (secondary N) is 2. The number of ether oxygens (including phenoxy) is 1. The van der Waals surface area contributed by atoms with E-state index in [2.05, 4.69) is 10.6 Å². The van der Waals surface area contributed by atoms with Crippen molar-refractivity contribution in [3.05, 3.63) is 30.1 Å². The van der Waals surface area contributed by atoms with Crippen LogP contribution in [0.3, 0.4) is 0 Å². The molecule has 2 N–H and O–H groups in total. The maximum Gasteiger partial charge on any atom is 0.224 e. The minimum absolute atomic E-state index is 0.0103. The van der Waals surface area contributed by atoms with Crippen LogP contribution in [0.1, 0.15) is 13.8 Å². The number of amides is 1. The van der Waals surface area contributed by atoms with Gasteiger partial charge in [0.2, 0.25) is 5.91 Å². The molecule has 2 unspecified atom stereocenters. The summed E-state index contributed by atoms with van der Waals surface area (Å²) in [5.41, 5.74) is 0. The first-order valence-corrected chi connectivity index (χ1v) is 6.37. The zero-order valence-corrected chi connectivity index (χ0v) is 11.6. The Morgan fingerprint density at radius 1 is 1.26 bits per heavy atom. The summed E-state index contributed by atoms with van der Waals surface area (Å²) >= 11 is 0. The van der Waals surface area contributed by atoms with Crippen LogP contribution in [0.15, 0.2) is 24.3 Å². The van der Waals surface area contributed by atoms with Crippen LogP contribution in [-0.4, -0.2) is 32.1 Å². The van der Waals surface area contributed by atoms with Gasteiger partial charge in [-0.15, -0.1) is 0 Å². The van der Waals surface area contributed by atoms with Crippen LogP contribution in [0.2, 0.25) is 0 Å². The van der Waals surface area contributed by atoms with Crippen molar-refractivity contribution in [1.29, 1.82) is 0 Å². The van der Waals surface area contributed by atoms with E-state index in [1.165, 1.54) is 12.1 Å². The summed E-state index contributed by atoms with van der Waals surface area (Å²) in [6.07, 6.45) is -0.170. The molecule has 0 spiro atoms. The van der Waals surface area contributed by atoms with Crippen LogP contribution in [0.4, 0.5) is 4.39 Å². The van der Waals surface area contributed by atoms with Gasteiger partial charge >= 0.3 is 0 Å². The van der Waals surface area contributed by atoms with Crippen LogP contribution in [0.25, 0.3) is 0 Å². The van der Waals surface area contributed by atoms with Crippen molar-refractivity contribution in [2.75, 3.05) is 20.1 Å². The van der Waals surface area contributed by atoms with Gasteiger partial charge in [-0.1, -0.05) is 6.92 Å². The van der Waals surface area contributed by atoms with Gasteiger partial charge in [-0.05, 0) is 38.2 Å². The summed E-state index contributed by atoms with van der Waals surface area (Å²) in [7, 11) is 1.81. The van der Waals surface area contributed by atoms with Crippen LogP contribution in [0, 0.1) is 11.7 Å². The van der Waals surface area contributed by atoms with Gasteiger partial charge in [-0.3, -0.25) is 4.79 Å². The third kappa shape index (κ3) is 5.70. The molecular formula is C14H21FN2O2. The second-order valence-electron chi connectivity index (χ2n) is 4.59. The molecule has 0 heterocycles. The highest BCUT2D eigenvalue weighted by atomic mass is 19.1. The van der Waals surface area contributed by atoms with E-state index >= 15 is 0 Å². The number of halogens is 1. The summed E-state index contributed by atoms with van der Waals surface area (Å²) in [6.45, 7) is 4.77. The quantitative estimate of drug-likeness (QED) is 0.789. The van der Waals surface area contributed by atoms with Crippen LogP contribution in [0.5, 0.6) is 5.75 Å². The van der Waals surface area contributed by atoms with Crippen LogP contribution >= 0.6 is 0 Å². The lowest BCUT2D eigenvalue weighted by Gasteiger charge is -2.17. The molecule has 1 amide bonds. The fraction of sp³-hybridized carbons (Fsp3) is 0.500. The molecule has 19 heavy (non-hydrogen) atoms. The summed E-state index contributed by atoms with van der Waals surface area (Å²) in [4.78, 5) is 11.7. The predicted octanol–water partition coefficient (Wildman–Crippen LogP) is 1.56. The molecule has 5 heteroatoms. The predicted molar refractivity (Wildman–Crippen MR) is 72.6 cm³/mol. The topological polar surface area (TPSA) is 50.4 Å². The van der Waals surface area contributed by atoms with E-state index in [-0.39, 0.29) is 23.7 Å². The van der Waals surface area contributed by atoms with Crippen molar-refractivity contribution >= 4 is 5.91 Å². The first-order chi connectivity index (χ1) is 9.02. The van der Waals surface area contributed by atoms with Gasteiger partial charge in [0.25, 0.3) is 0 Å². The molecule has 0 aliphatic carbocycles. The molecule has 0 aliphatic heterocycles. The molecule has 1 aromatic rings. The van der Waals surface area contributed by atoms with Crippen molar-refractivity contribution in [1.82, 2.24) is 10.6 Å². The Balaban J connectivity index is 2.33. The number of hydrogen-bond acceptors (Lipinski definition) is 3. The number of hydrogen-bond donors (Lipinski definition) is 2. The molecule has 0 aliphatic rings. The average Bonchev–Trinajstić information content (AvgIpc) is 2.39. The lowest BCUT2D eigenvalue weighted by molar-refractivity contribution is -0.124. The maximum atomic E-state index is 12.7. The molecule has 0 saturated carbocycles. The Kier molecular flexibility index (Phi) is 6.29. The number of benzene rings is 1. The number of rotatable bonds is 7. The van der Waals surface area contributed by atoms with Gasteiger partial charge in [0.1, 0.15) is 17.7 Å². The van der Waals surface area contributed by atoms with Crippen molar-refractivity contribution in [2.24, 2.45) is 5.92 Å². The van der Waals surface area contributed by atoms with E-state index in [4.69, 9.17) is 4.74 Å². The van der Waals surface area contributed by atoms with Crippen molar-refractivity contribution < 1.29 is 13.9 Å². The van der Waals surface area contributed by atoms with E-state index < -0.39 is 0 Å². The second-order valence-corrected chi connectivity index (χ2v) is 4.59. The minimum atomic E-state index is -0.297. The van der Waals surface area contributed by atoms with E-state index in [0.29, 0.717) is 18.8 Å². The molecule has 1 aromatic carbocycles. The van der Waals surface area contributed by atoms with Gasteiger partial charge in [0.15, 0.2) is 0 Å². The maximum absolute atomic E-state index is 12.7. The zero-order chi connectivity index (χ0) is 14.3. The van der Waals surface area contributed by atoms with Crippen LogP contribution in [-0.2, 0) is 4.79 Å². The molecule has 0 aromatic heterocycles. The third-order valence-electron chi connectivity index (χ3n) is 2.67. The van der Waals surface area contributed by atoms with Gasteiger partial charge in [0.05, 0.1) is 6.54 Å². The lowest BCUT2D eigenvalue weighted by atomic mass is 10.1. The summed E-state index contributed by atoms with van der Waals surface area (Å²) in [6, 6.07) is 5.82. The fourth-order valence-electron chi connectivity index (χ4n) is 1.60. The van der Waals surface area contributed by atoms with Crippen molar-refractivity contribution in [2.45, 2.75) is 20.0 Å². The Morgan fingerprint density at radius 3 is 2.47 bits per heavy atom. The molecule has 0 radical (unpaired) electrons.